The second-order valence-electron chi connectivity index (χ2n) is 4.80. The summed E-state index contributed by atoms with van der Waals surface area (Å²) in [5.74, 6) is 0.842. The van der Waals surface area contributed by atoms with Gasteiger partial charge in [-0.2, -0.15) is 0 Å². The van der Waals surface area contributed by atoms with Gasteiger partial charge in [0, 0.05) is 43.9 Å². The first-order chi connectivity index (χ1) is 8.74. The zero-order chi connectivity index (χ0) is 13.0. The highest BCUT2D eigenvalue weighted by Crippen LogP contribution is 2.19. The fraction of sp³-hybridized carbons (Fsp3) is 0.692. The van der Waals surface area contributed by atoms with E-state index in [0.29, 0.717) is 6.04 Å². The third kappa shape index (κ3) is 3.20. The van der Waals surface area contributed by atoms with E-state index in [0.717, 1.165) is 23.4 Å². The fourth-order valence-electron chi connectivity index (χ4n) is 2.39. The van der Waals surface area contributed by atoms with Gasteiger partial charge in [0.25, 0.3) is 0 Å². The summed E-state index contributed by atoms with van der Waals surface area (Å²) in [5, 5.41) is 0.811. The lowest BCUT2D eigenvalue weighted by Gasteiger charge is -2.36. The van der Waals surface area contributed by atoms with Crippen LogP contribution in [-0.2, 0) is 5.33 Å². The number of hydrogen-bond donors (Lipinski definition) is 0. The topological polar surface area (TPSA) is 32.3 Å². The summed E-state index contributed by atoms with van der Waals surface area (Å²) in [5.41, 5.74) is 1.12. The van der Waals surface area contributed by atoms with Gasteiger partial charge in [0.1, 0.15) is 0 Å². The molecular weight excluding hydrogens is 292 g/mol. The Morgan fingerprint density at radius 3 is 2.44 bits per heavy atom. The van der Waals surface area contributed by atoms with Gasteiger partial charge in [0.05, 0.1) is 0 Å². The number of nitrogens with zero attached hydrogens (tertiary/aromatic N) is 4. The minimum atomic E-state index is 0.572. The molecule has 0 radical (unpaired) electrons. The number of alkyl halides is 1. The monoisotopic (exact) mass is 312 g/mol. The van der Waals surface area contributed by atoms with Gasteiger partial charge < -0.3 is 9.80 Å². The number of rotatable bonds is 4. The van der Waals surface area contributed by atoms with E-state index < -0.39 is 0 Å². The van der Waals surface area contributed by atoms with Crippen molar-refractivity contribution >= 4 is 21.9 Å². The molecule has 0 bridgehead atoms. The number of anilines is 1. The number of piperidine rings is 1. The van der Waals surface area contributed by atoms with Crippen molar-refractivity contribution in [3.8, 4) is 0 Å². The van der Waals surface area contributed by atoms with Gasteiger partial charge in [-0.3, -0.25) is 0 Å². The largest absolute Gasteiger partial charge is 0.341 e. The molecule has 2 heterocycles. The van der Waals surface area contributed by atoms with Crippen molar-refractivity contribution in [2.75, 3.05) is 31.6 Å². The molecule has 1 aliphatic rings. The Hall–Kier alpha value is -0.680. The molecule has 0 unspecified atom stereocenters. The lowest BCUT2D eigenvalue weighted by molar-refractivity contribution is 0.220. The average molecular weight is 313 g/mol. The Morgan fingerprint density at radius 1 is 1.33 bits per heavy atom. The van der Waals surface area contributed by atoms with Crippen LogP contribution in [0.2, 0.25) is 0 Å². The SMILES string of the molecule is CCN1CCC(N(C)c2ncc(CBr)cn2)CC1. The molecule has 100 valence electrons. The van der Waals surface area contributed by atoms with E-state index in [2.05, 4.69) is 49.7 Å². The van der Waals surface area contributed by atoms with Crippen LogP contribution in [0, 0.1) is 0 Å². The summed E-state index contributed by atoms with van der Waals surface area (Å²) in [6.45, 7) is 5.76. The number of halogens is 1. The van der Waals surface area contributed by atoms with Crippen LogP contribution in [0.5, 0.6) is 0 Å². The van der Waals surface area contributed by atoms with Gasteiger partial charge in [-0.25, -0.2) is 9.97 Å². The average Bonchev–Trinajstić information content (AvgIpc) is 2.47. The highest BCUT2D eigenvalue weighted by molar-refractivity contribution is 9.08. The van der Waals surface area contributed by atoms with Crippen molar-refractivity contribution in [1.82, 2.24) is 14.9 Å². The van der Waals surface area contributed by atoms with E-state index in [1.54, 1.807) is 0 Å². The zero-order valence-corrected chi connectivity index (χ0v) is 12.7. The molecule has 0 aliphatic carbocycles. The minimum Gasteiger partial charge on any atom is -0.341 e. The maximum atomic E-state index is 4.44. The molecule has 2 rings (SSSR count). The molecule has 5 heteroatoms. The molecule has 1 aromatic rings. The first kappa shape index (κ1) is 13.7. The number of hydrogen-bond acceptors (Lipinski definition) is 4. The van der Waals surface area contributed by atoms with Crippen LogP contribution < -0.4 is 4.90 Å². The van der Waals surface area contributed by atoms with E-state index >= 15 is 0 Å². The van der Waals surface area contributed by atoms with Crippen LogP contribution in [-0.4, -0.2) is 47.6 Å². The number of likely N-dealkylation sites (tertiary alicyclic amines) is 1. The van der Waals surface area contributed by atoms with Gasteiger partial charge in [-0.05, 0) is 24.9 Å². The van der Waals surface area contributed by atoms with Crippen molar-refractivity contribution in [3.05, 3.63) is 18.0 Å². The third-order valence-corrected chi connectivity index (χ3v) is 4.36. The van der Waals surface area contributed by atoms with Gasteiger partial charge in [-0.1, -0.05) is 22.9 Å². The predicted molar refractivity (Wildman–Crippen MR) is 78.2 cm³/mol. The lowest BCUT2D eigenvalue weighted by Crippen LogP contribution is -2.43. The lowest BCUT2D eigenvalue weighted by atomic mass is 10.0. The summed E-state index contributed by atoms with van der Waals surface area (Å²) in [6.07, 6.45) is 6.20. The predicted octanol–water partition coefficient (Wildman–Crippen LogP) is 2.29. The Labute approximate surface area is 118 Å². The molecule has 0 N–H and O–H groups in total. The molecule has 1 fully saturated rings. The summed E-state index contributed by atoms with van der Waals surface area (Å²) in [6, 6.07) is 0.572. The molecule has 0 aromatic carbocycles. The van der Waals surface area contributed by atoms with Crippen molar-refractivity contribution < 1.29 is 0 Å². The molecule has 1 saturated heterocycles. The molecule has 0 amide bonds. The maximum Gasteiger partial charge on any atom is 0.225 e. The second-order valence-corrected chi connectivity index (χ2v) is 5.36. The first-order valence-electron chi connectivity index (χ1n) is 6.56. The summed E-state index contributed by atoms with van der Waals surface area (Å²) >= 11 is 3.41. The maximum absolute atomic E-state index is 4.44. The summed E-state index contributed by atoms with van der Waals surface area (Å²) in [4.78, 5) is 13.6. The van der Waals surface area contributed by atoms with Crippen LogP contribution in [0.15, 0.2) is 12.4 Å². The van der Waals surface area contributed by atoms with Crippen LogP contribution in [0.4, 0.5) is 5.95 Å². The Bertz CT molecular complexity index is 360. The Morgan fingerprint density at radius 2 is 1.94 bits per heavy atom. The van der Waals surface area contributed by atoms with Gasteiger partial charge >= 0.3 is 0 Å². The van der Waals surface area contributed by atoms with Gasteiger partial charge in [-0.15, -0.1) is 0 Å². The second kappa shape index (κ2) is 6.48. The van der Waals surface area contributed by atoms with Gasteiger partial charge in [0.15, 0.2) is 0 Å². The minimum absolute atomic E-state index is 0.572. The molecule has 1 aliphatic heterocycles. The summed E-state index contributed by atoms with van der Waals surface area (Å²) in [7, 11) is 2.11. The standard InChI is InChI=1S/C13H21BrN4/c1-3-18-6-4-12(5-7-18)17(2)13-15-9-11(8-14)10-16-13/h9-10,12H,3-8H2,1-2H3. The fourth-order valence-corrected chi connectivity index (χ4v) is 2.67. The first-order valence-corrected chi connectivity index (χ1v) is 7.68. The molecule has 18 heavy (non-hydrogen) atoms. The van der Waals surface area contributed by atoms with E-state index in [4.69, 9.17) is 0 Å². The smallest absolute Gasteiger partial charge is 0.225 e. The Balaban J connectivity index is 1.96. The van der Waals surface area contributed by atoms with Crippen LogP contribution in [0.25, 0.3) is 0 Å². The zero-order valence-electron chi connectivity index (χ0n) is 11.1. The highest BCUT2D eigenvalue weighted by Gasteiger charge is 2.22. The van der Waals surface area contributed by atoms with Crippen LogP contribution >= 0.6 is 15.9 Å². The van der Waals surface area contributed by atoms with Gasteiger partial charge in [0.2, 0.25) is 5.95 Å². The molecule has 0 atom stereocenters. The molecule has 1 aromatic heterocycles. The van der Waals surface area contributed by atoms with Crippen molar-refractivity contribution in [2.45, 2.75) is 31.1 Å². The van der Waals surface area contributed by atoms with E-state index in [-0.39, 0.29) is 0 Å². The van der Waals surface area contributed by atoms with E-state index in [1.165, 1.54) is 25.9 Å². The van der Waals surface area contributed by atoms with Crippen molar-refractivity contribution in [3.63, 3.8) is 0 Å². The third-order valence-electron chi connectivity index (χ3n) is 3.71. The molecule has 4 nitrogen and oxygen atoms in total. The van der Waals surface area contributed by atoms with Crippen molar-refractivity contribution in [1.29, 1.82) is 0 Å². The van der Waals surface area contributed by atoms with E-state index in [1.807, 2.05) is 12.4 Å². The summed E-state index contributed by atoms with van der Waals surface area (Å²) < 4.78 is 0. The normalized spacial score (nSPS) is 17.9. The van der Waals surface area contributed by atoms with Crippen molar-refractivity contribution in [2.24, 2.45) is 0 Å². The molecular formula is C13H21BrN4. The quantitative estimate of drug-likeness (QED) is 0.799. The van der Waals surface area contributed by atoms with E-state index in [9.17, 15) is 0 Å². The number of aromatic nitrogens is 2. The van der Waals surface area contributed by atoms with Crippen LogP contribution in [0.1, 0.15) is 25.3 Å². The highest BCUT2D eigenvalue weighted by atomic mass is 79.9. The molecule has 0 saturated carbocycles. The Kier molecular flexibility index (Phi) is 4.95. The van der Waals surface area contributed by atoms with Crippen LogP contribution in [0.3, 0.4) is 0 Å². The molecule has 0 spiro atoms.